The van der Waals surface area contributed by atoms with Gasteiger partial charge in [-0.25, -0.2) is 18.1 Å². The molecule has 1 amide bonds. The molecule has 2 aromatic rings. The van der Waals surface area contributed by atoms with Crippen LogP contribution in [0.5, 0.6) is 0 Å². The average Bonchev–Trinajstić information content (AvgIpc) is 3.14. The second-order valence-corrected chi connectivity index (χ2v) is 7.95. The highest BCUT2D eigenvalue weighted by Gasteiger charge is 2.21. The van der Waals surface area contributed by atoms with Crippen molar-refractivity contribution in [1.82, 2.24) is 9.71 Å². The molecule has 1 atom stereocenters. The smallest absolute Gasteiger partial charge is 0.256 e. The van der Waals surface area contributed by atoms with Gasteiger partial charge in [-0.1, -0.05) is 6.07 Å². The highest BCUT2D eigenvalue weighted by molar-refractivity contribution is 7.89. The van der Waals surface area contributed by atoms with Gasteiger partial charge in [0.05, 0.1) is 11.0 Å². The third-order valence-corrected chi connectivity index (χ3v) is 5.51. The number of benzene rings is 1. The number of carbonyl (C=O) groups excluding carboxylic acids is 1. The first-order valence-corrected chi connectivity index (χ1v) is 9.88. The summed E-state index contributed by atoms with van der Waals surface area (Å²) in [4.78, 5) is 16.5. The molecule has 0 bridgehead atoms. The van der Waals surface area contributed by atoms with Crippen LogP contribution in [0.2, 0.25) is 0 Å². The highest BCUT2D eigenvalue weighted by Crippen LogP contribution is 2.15. The SMILES string of the molecule is Cc1ccnc(NC(=O)c2cccc(S(=O)(=O)NC[C@H]3CCCO3)c2)c1. The summed E-state index contributed by atoms with van der Waals surface area (Å²) in [5.74, 6) is -0.000886. The standard InChI is InChI=1S/C18H21N3O4S/c1-13-7-8-19-17(10-13)21-18(22)14-4-2-6-16(11-14)26(23,24)20-12-15-5-3-9-25-15/h2,4,6-8,10-11,15,20H,3,5,9,12H2,1H3,(H,19,21,22)/t15-/m1/s1. The molecule has 1 fully saturated rings. The van der Waals surface area contributed by atoms with Gasteiger partial charge in [0.15, 0.2) is 0 Å². The second kappa shape index (κ2) is 7.94. The number of carbonyl (C=O) groups is 1. The van der Waals surface area contributed by atoms with Gasteiger partial charge in [-0.05, 0) is 55.7 Å². The zero-order valence-corrected chi connectivity index (χ0v) is 15.3. The van der Waals surface area contributed by atoms with Crippen LogP contribution in [-0.2, 0) is 14.8 Å². The minimum Gasteiger partial charge on any atom is -0.377 e. The summed E-state index contributed by atoms with van der Waals surface area (Å²) >= 11 is 0. The molecule has 1 saturated heterocycles. The molecule has 1 aliphatic heterocycles. The summed E-state index contributed by atoms with van der Waals surface area (Å²) in [7, 11) is -3.71. The molecule has 8 heteroatoms. The Morgan fingerprint density at radius 2 is 2.15 bits per heavy atom. The van der Waals surface area contributed by atoms with Crippen molar-refractivity contribution in [2.75, 3.05) is 18.5 Å². The lowest BCUT2D eigenvalue weighted by atomic mass is 10.2. The molecule has 1 aromatic carbocycles. The molecule has 26 heavy (non-hydrogen) atoms. The molecule has 1 aliphatic rings. The summed E-state index contributed by atoms with van der Waals surface area (Å²) < 4.78 is 32.9. The van der Waals surface area contributed by atoms with Crippen molar-refractivity contribution in [3.05, 3.63) is 53.7 Å². The summed E-state index contributed by atoms with van der Waals surface area (Å²) in [5, 5.41) is 2.67. The van der Waals surface area contributed by atoms with Crippen molar-refractivity contribution >= 4 is 21.7 Å². The third kappa shape index (κ3) is 4.66. The van der Waals surface area contributed by atoms with Crippen molar-refractivity contribution < 1.29 is 17.9 Å². The quantitative estimate of drug-likeness (QED) is 0.806. The number of hydrogen-bond acceptors (Lipinski definition) is 5. The van der Waals surface area contributed by atoms with Gasteiger partial charge in [-0.3, -0.25) is 4.79 Å². The van der Waals surface area contributed by atoms with Gasteiger partial charge < -0.3 is 10.1 Å². The van der Waals surface area contributed by atoms with Crippen LogP contribution in [0.4, 0.5) is 5.82 Å². The number of aromatic nitrogens is 1. The van der Waals surface area contributed by atoms with E-state index in [1.54, 1.807) is 24.4 Å². The van der Waals surface area contributed by atoms with Crippen LogP contribution in [0.25, 0.3) is 0 Å². The summed E-state index contributed by atoms with van der Waals surface area (Å²) in [6, 6.07) is 9.47. The van der Waals surface area contributed by atoms with Gasteiger partial charge in [0.2, 0.25) is 10.0 Å². The van der Waals surface area contributed by atoms with Gasteiger partial charge in [-0.15, -0.1) is 0 Å². The van der Waals surface area contributed by atoms with E-state index in [1.807, 2.05) is 13.0 Å². The lowest BCUT2D eigenvalue weighted by Crippen LogP contribution is -2.32. The predicted molar refractivity (Wildman–Crippen MR) is 97.5 cm³/mol. The maximum Gasteiger partial charge on any atom is 0.256 e. The first kappa shape index (κ1) is 18.5. The zero-order chi connectivity index (χ0) is 18.6. The van der Waals surface area contributed by atoms with Crippen LogP contribution < -0.4 is 10.0 Å². The van der Waals surface area contributed by atoms with E-state index in [0.29, 0.717) is 12.4 Å². The lowest BCUT2D eigenvalue weighted by Gasteiger charge is -2.12. The van der Waals surface area contributed by atoms with E-state index in [9.17, 15) is 13.2 Å². The number of anilines is 1. The Kier molecular flexibility index (Phi) is 5.65. The van der Waals surface area contributed by atoms with Gasteiger partial charge in [-0.2, -0.15) is 0 Å². The number of aryl methyl sites for hydroxylation is 1. The molecule has 2 N–H and O–H groups in total. The number of rotatable bonds is 6. The molecule has 138 valence electrons. The molecular formula is C18H21N3O4S. The molecule has 0 radical (unpaired) electrons. The molecule has 0 saturated carbocycles. The van der Waals surface area contributed by atoms with Crippen LogP contribution >= 0.6 is 0 Å². The predicted octanol–water partition coefficient (Wildman–Crippen LogP) is 2.10. The summed E-state index contributed by atoms with van der Waals surface area (Å²) in [6.07, 6.45) is 3.29. The Balaban J connectivity index is 1.71. The maximum absolute atomic E-state index is 12.5. The topological polar surface area (TPSA) is 97.4 Å². The Bertz CT molecular complexity index is 893. The first-order valence-electron chi connectivity index (χ1n) is 8.39. The zero-order valence-electron chi connectivity index (χ0n) is 14.4. The van der Waals surface area contributed by atoms with Crippen LogP contribution in [0.3, 0.4) is 0 Å². The van der Waals surface area contributed by atoms with E-state index >= 15 is 0 Å². The van der Waals surface area contributed by atoms with Crippen molar-refractivity contribution in [2.24, 2.45) is 0 Å². The number of sulfonamides is 1. The Morgan fingerprint density at radius 1 is 1.31 bits per heavy atom. The van der Waals surface area contributed by atoms with E-state index < -0.39 is 15.9 Å². The monoisotopic (exact) mass is 375 g/mol. The molecule has 2 heterocycles. The van der Waals surface area contributed by atoms with Crippen LogP contribution in [0, 0.1) is 6.92 Å². The summed E-state index contributed by atoms with van der Waals surface area (Å²) in [5.41, 5.74) is 1.21. The highest BCUT2D eigenvalue weighted by atomic mass is 32.2. The third-order valence-electron chi connectivity index (χ3n) is 4.09. The lowest BCUT2D eigenvalue weighted by molar-refractivity contribution is 0.102. The van der Waals surface area contributed by atoms with E-state index in [-0.39, 0.29) is 23.1 Å². The largest absolute Gasteiger partial charge is 0.377 e. The second-order valence-electron chi connectivity index (χ2n) is 6.19. The van der Waals surface area contributed by atoms with Gasteiger partial charge in [0.1, 0.15) is 5.82 Å². The molecule has 0 aliphatic carbocycles. The Labute approximate surface area is 152 Å². The van der Waals surface area contributed by atoms with Crippen molar-refractivity contribution in [3.8, 4) is 0 Å². The minimum absolute atomic E-state index is 0.0420. The van der Waals surface area contributed by atoms with E-state index in [2.05, 4.69) is 15.0 Å². The first-order chi connectivity index (χ1) is 12.4. The molecular weight excluding hydrogens is 354 g/mol. The van der Waals surface area contributed by atoms with Gasteiger partial charge in [0, 0.05) is 24.9 Å². The fourth-order valence-electron chi connectivity index (χ4n) is 2.69. The van der Waals surface area contributed by atoms with Crippen LogP contribution in [0.1, 0.15) is 28.8 Å². The minimum atomic E-state index is -3.71. The maximum atomic E-state index is 12.5. The number of nitrogens with one attached hydrogen (secondary N) is 2. The number of amides is 1. The Morgan fingerprint density at radius 3 is 2.88 bits per heavy atom. The molecule has 0 spiro atoms. The van der Waals surface area contributed by atoms with E-state index in [4.69, 9.17) is 4.74 Å². The fraction of sp³-hybridized carbons (Fsp3) is 0.333. The molecule has 3 rings (SSSR count). The number of ether oxygens (including phenoxy) is 1. The average molecular weight is 375 g/mol. The van der Waals surface area contributed by atoms with E-state index in [0.717, 1.165) is 18.4 Å². The number of pyridine rings is 1. The van der Waals surface area contributed by atoms with Crippen molar-refractivity contribution in [2.45, 2.75) is 30.8 Å². The normalized spacial score (nSPS) is 17.2. The summed E-state index contributed by atoms with van der Waals surface area (Å²) in [6.45, 7) is 2.78. The number of nitrogens with zero attached hydrogens (tertiary/aromatic N) is 1. The van der Waals surface area contributed by atoms with Gasteiger partial charge in [0.25, 0.3) is 5.91 Å². The Hall–Kier alpha value is -2.29. The fourth-order valence-corrected chi connectivity index (χ4v) is 3.80. The number of hydrogen-bond donors (Lipinski definition) is 2. The molecule has 1 aromatic heterocycles. The van der Waals surface area contributed by atoms with Crippen LogP contribution in [0.15, 0.2) is 47.5 Å². The van der Waals surface area contributed by atoms with Gasteiger partial charge >= 0.3 is 0 Å². The van der Waals surface area contributed by atoms with E-state index in [1.165, 1.54) is 12.1 Å². The molecule has 0 unspecified atom stereocenters. The van der Waals surface area contributed by atoms with Crippen molar-refractivity contribution in [3.63, 3.8) is 0 Å². The van der Waals surface area contributed by atoms with Crippen LogP contribution in [-0.4, -0.2) is 38.6 Å². The van der Waals surface area contributed by atoms with Crippen molar-refractivity contribution in [1.29, 1.82) is 0 Å². The molecule has 7 nitrogen and oxygen atoms in total.